The molecule has 2 N–H and O–H groups in total. The summed E-state index contributed by atoms with van der Waals surface area (Å²) in [6.45, 7) is 0.282. The molecule has 76 valence electrons. The summed E-state index contributed by atoms with van der Waals surface area (Å²) >= 11 is 0. The van der Waals surface area contributed by atoms with Crippen molar-refractivity contribution in [2.45, 2.75) is 25.2 Å². The molecule has 0 aliphatic heterocycles. The van der Waals surface area contributed by atoms with Crippen molar-refractivity contribution in [1.82, 2.24) is 0 Å². The summed E-state index contributed by atoms with van der Waals surface area (Å²) in [4.78, 5) is 0. The molecule has 2 rings (SSSR count). The zero-order valence-corrected chi connectivity index (χ0v) is 8.19. The molecule has 1 fully saturated rings. The molecule has 2 atom stereocenters. The first-order valence-electron chi connectivity index (χ1n) is 5.21. The van der Waals surface area contributed by atoms with E-state index < -0.39 is 0 Å². The summed E-state index contributed by atoms with van der Waals surface area (Å²) in [5.74, 6) is 1.63. The number of aliphatic hydroxyl groups is 1. The highest BCUT2D eigenvalue weighted by Crippen LogP contribution is 2.52. The van der Waals surface area contributed by atoms with Gasteiger partial charge in [0.1, 0.15) is 5.75 Å². The number of aliphatic hydroxyl groups excluding tert-OH is 1. The van der Waals surface area contributed by atoms with Crippen LogP contribution in [0.3, 0.4) is 0 Å². The lowest BCUT2D eigenvalue weighted by atomic mass is 10.1. The fourth-order valence-corrected chi connectivity index (χ4v) is 2.10. The summed E-state index contributed by atoms with van der Waals surface area (Å²) in [5, 5.41) is 18.3. The molecule has 0 radical (unpaired) electrons. The molecule has 1 aromatic rings. The number of phenolic OH excluding ortho intramolecular Hbond substituents is 1. The van der Waals surface area contributed by atoms with Gasteiger partial charge in [-0.2, -0.15) is 0 Å². The van der Waals surface area contributed by atoms with Crippen molar-refractivity contribution in [2.24, 2.45) is 5.92 Å². The van der Waals surface area contributed by atoms with Crippen molar-refractivity contribution in [3.05, 3.63) is 29.8 Å². The molecule has 0 heterocycles. The van der Waals surface area contributed by atoms with Crippen LogP contribution in [-0.4, -0.2) is 16.8 Å². The Morgan fingerprint density at radius 3 is 2.79 bits per heavy atom. The maximum absolute atomic E-state index is 9.61. The Kier molecular flexibility index (Phi) is 2.73. The van der Waals surface area contributed by atoms with Gasteiger partial charge in [-0.3, -0.25) is 0 Å². The molecule has 2 heteroatoms. The number of aromatic hydroxyl groups is 1. The molecule has 0 bridgehead atoms. The number of para-hydroxylation sites is 1. The van der Waals surface area contributed by atoms with Crippen LogP contribution in [0.4, 0.5) is 0 Å². The maximum Gasteiger partial charge on any atom is 0.119 e. The number of benzene rings is 1. The molecule has 1 aliphatic rings. The lowest BCUT2D eigenvalue weighted by Crippen LogP contribution is -1.87. The van der Waals surface area contributed by atoms with E-state index in [0.717, 1.165) is 24.8 Å². The number of hydrogen-bond donors (Lipinski definition) is 2. The maximum atomic E-state index is 9.61. The lowest BCUT2D eigenvalue weighted by Gasteiger charge is -2.02. The second-order valence-corrected chi connectivity index (χ2v) is 4.03. The van der Waals surface area contributed by atoms with Gasteiger partial charge in [-0.05, 0) is 42.7 Å². The minimum absolute atomic E-state index is 0.282. The predicted octanol–water partition coefficient (Wildman–Crippen LogP) is 2.27. The van der Waals surface area contributed by atoms with Gasteiger partial charge >= 0.3 is 0 Å². The molecule has 0 amide bonds. The minimum atomic E-state index is 0.282. The normalized spacial score (nSPS) is 24.9. The molecule has 0 unspecified atom stereocenters. The molecule has 1 aromatic carbocycles. The zero-order chi connectivity index (χ0) is 9.97. The van der Waals surface area contributed by atoms with Gasteiger partial charge in [0.25, 0.3) is 0 Å². The lowest BCUT2D eigenvalue weighted by molar-refractivity contribution is 0.281. The Labute approximate surface area is 84.2 Å². The first kappa shape index (κ1) is 9.53. The van der Waals surface area contributed by atoms with E-state index in [1.165, 1.54) is 0 Å². The summed E-state index contributed by atoms with van der Waals surface area (Å²) in [6, 6.07) is 7.57. The Balaban J connectivity index is 1.96. The predicted molar refractivity (Wildman–Crippen MR) is 55.3 cm³/mol. The number of rotatable bonds is 4. The Bertz CT molecular complexity index is 309. The van der Waals surface area contributed by atoms with Gasteiger partial charge in [0, 0.05) is 6.61 Å². The third-order valence-corrected chi connectivity index (χ3v) is 2.99. The van der Waals surface area contributed by atoms with Gasteiger partial charge in [-0.1, -0.05) is 18.2 Å². The quantitative estimate of drug-likeness (QED) is 0.768. The summed E-state index contributed by atoms with van der Waals surface area (Å²) < 4.78 is 0. The fraction of sp³-hybridized carbons (Fsp3) is 0.500. The van der Waals surface area contributed by atoms with Crippen molar-refractivity contribution >= 4 is 0 Å². The molecule has 1 saturated carbocycles. The topological polar surface area (TPSA) is 40.5 Å². The third-order valence-electron chi connectivity index (χ3n) is 2.99. The standard InChI is InChI=1S/C12H16O2/c13-7-3-4-9-8-11(9)10-5-1-2-6-12(10)14/h1-2,5-6,9,11,13-14H,3-4,7-8H2/t9-,11+/m1/s1. The average molecular weight is 192 g/mol. The Morgan fingerprint density at radius 2 is 2.07 bits per heavy atom. The van der Waals surface area contributed by atoms with Crippen LogP contribution >= 0.6 is 0 Å². The van der Waals surface area contributed by atoms with Gasteiger partial charge < -0.3 is 10.2 Å². The van der Waals surface area contributed by atoms with Crippen LogP contribution < -0.4 is 0 Å². The zero-order valence-electron chi connectivity index (χ0n) is 8.19. The van der Waals surface area contributed by atoms with Crippen LogP contribution in [0.5, 0.6) is 5.75 Å². The average Bonchev–Trinajstić information content (AvgIpc) is 2.95. The second-order valence-electron chi connectivity index (χ2n) is 4.03. The van der Waals surface area contributed by atoms with Gasteiger partial charge in [-0.25, -0.2) is 0 Å². The van der Waals surface area contributed by atoms with Gasteiger partial charge in [0.15, 0.2) is 0 Å². The summed E-state index contributed by atoms with van der Waals surface area (Å²) in [7, 11) is 0. The van der Waals surface area contributed by atoms with Crippen LogP contribution in [0.2, 0.25) is 0 Å². The molecule has 2 nitrogen and oxygen atoms in total. The highest BCUT2D eigenvalue weighted by Gasteiger charge is 2.38. The van der Waals surface area contributed by atoms with Crippen molar-refractivity contribution < 1.29 is 10.2 Å². The van der Waals surface area contributed by atoms with Gasteiger partial charge in [-0.15, -0.1) is 0 Å². The molecule has 14 heavy (non-hydrogen) atoms. The molecular formula is C12H16O2. The van der Waals surface area contributed by atoms with E-state index in [4.69, 9.17) is 5.11 Å². The van der Waals surface area contributed by atoms with E-state index in [1.807, 2.05) is 18.2 Å². The van der Waals surface area contributed by atoms with E-state index in [1.54, 1.807) is 6.07 Å². The molecule has 1 aliphatic carbocycles. The first-order chi connectivity index (χ1) is 6.83. The molecule has 0 saturated heterocycles. The molecule has 0 spiro atoms. The molecular weight excluding hydrogens is 176 g/mol. The van der Waals surface area contributed by atoms with Crippen molar-refractivity contribution in [1.29, 1.82) is 0 Å². The summed E-state index contributed by atoms with van der Waals surface area (Å²) in [5.41, 5.74) is 1.08. The fourth-order valence-electron chi connectivity index (χ4n) is 2.10. The third kappa shape index (κ3) is 1.90. The Hall–Kier alpha value is -1.02. The Morgan fingerprint density at radius 1 is 1.29 bits per heavy atom. The van der Waals surface area contributed by atoms with E-state index in [2.05, 4.69) is 0 Å². The van der Waals surface area contributed by atoms with E-state index in [9.17, 15) is 5.11 Å². The largest absolute Gasteiger partial charge is 0.508 e. The van der Waals surface area contributed by atoms with Crippen LogP contribution in [0, 0.1) is 5.92 Å². The van der Waals surface area contributed by atoms with Gasteiger partial charge in [0.2, 0.25) is 0 Å². The summed E-state index contributed by atoms with van der Waals surface area (Å²) in [6.07, 6.45) is 3.13. The number of phenols is 1. The van der Waals surface area contributed by atoms with Crippen molar-refractivity contribution in [3.63, 3.8) is 0 Å². The van der Waals surface area contributed by atoms with Crippen molar-refractivity contribution in [3.8, 4) is 5.75 Å². The van der Waals surface area contributed by atoms with E-state index >= 15 is 0 Å². The van der Waals surface area contributed by atoms with Crippen LogP contribution in [0.15, 0.2) is 24.3 Å². The smallest absolute Gasteiger partial charge is 0.119 e. The monoisotopic (exact) mass is 192 g/mol. The highest BCUT2D eigenvalue weighted by molar-refractivity contribution is 5.38. The van der Waals surface area contributed by atoms with Crippen molar-refractivity contribution in [2.75, 3.05) is 6.61 Å². The molecule has 0 aromatic heterocycles. The van der Waals surface area contributed by atoms with Gasteiger partial charge in [0.05, 0.1) is 0 Å². The second kappa shape index (κ2) is 4.01. The van der Waals surface area contributed by atoms with Crippen LogP contribution in [-0.2, 0) is 0 Å². The van der Waals surface area contributed by atoms with Crippen LogP contribution in [0.25, 0.3) is 0 Å². The first-order valence-corrected chi connectivity index (χ1v) is 5.21. The van der Waals surface area contributed by atoms with E-state index in [-0.39, 0.29) is 6.61 Å². The van der Waals surface area contributed by atoms with E-state index in [0.29, 0.717) is 17.6 Å². The minimum Gasteiger partial charge on any atom is -0.508 e. The number of hydrogen-bond acceptors (Lipinski definition) is 2. The van der Waals surface area contributed by atoms with Crippen LogP contribution in [0.1, 0.15) is 30.7 Å². The SMILES string of the molecule is OCCC[C@@H]1C[C@@H]1c1ccccc1O. The highest BCUT2D eigenvalue weighted by atomic mass is 16.3.